The van der Waals surface area contributed by atoms with E-state index < -0.39 is 0 Å². The summed E-state index contributed by atoms with van der Waals surface area (Å²) in [6.45, 7) is 3.08. The highest BCUT2D eigenvalue weighted by molar-refractivity contribution is 6.35. The fourth-order valence-corrected chi connectivity index (χ4v) is 2.66. The first-order valence-corrected chi connectivity index (χ1v) is 7.53. The second-order valence-electron chi connectivity index (χ2n) is 5.27. The van der Waals surface area contributed by atoms with Crippen LogP contribution in [0.2, 0.25) is 5.02 Å². The first-order valence-electron chi connectivity index (χ1n) is 7.15. The third kappa shape index (κ3) is 2.42. The summed E-state index contributed by atoms with van der Waals surface area (Å²) in [7, 11) is 1.68. The summed E-state index contributed by atoms with van der Waals surface area (Å²) in [5.41, 5.74) is 3.07. The Morgan fingerprint density at radius 1 is 1.40 bits per heavy atom. The van der Waals surface area contributed by atoms with E-state index in [0.29, 0.717) is 10.9 Å². The number of pyridine rings is 1. The first kappa shape index (κ1) is 13.5. The van der Waals surface area contributed by atoms with Gasteiger partial charge in [0, 0.05) is 23.8 Å². The minimum Gasteiger partial charge on any atom is -0.496 e. The van der Waals surface area contributed by atoms with Crippen molar-refractivity contribution in [2.45, 2.75) is 32.1 Å². The number of nitrogens with zero attached hydrogens (tertiary/aromatic N) is 1. The predicted molar refractivity (Wildman–Crippen MR) is 84.1 cm³/mol. The normalized spacial score (nSPS) is 14.6. The number of benzene rings is 1. The molecule has 1 aromatic carbocycles. The van der Waals surface area contributed by atoms with Gasteiger partial charge in [0.2, 0.25) is 0 Å². The fraction of sp³-hybridized carbons (Fsp3) is 0.438. The molecule has 106 valence electrons. The largest absolute Gasteiger partial charge is 0.496 e. The van der Waals surface area contributed by atoms with Crippen LogP contribution in [-0.2, 0) is 0 Å². The van der Waals surface area contributed by atoms with Crippen LogP contribution < -0.4 is 10.1 Å². The van der Waals surface area contributed by atoms with Gasteiger partial charge in [-0.25, -0.2) is 0 Å². The molecule has 1 aliphatic rings. The van der Waals surface area contributed by atoms with Crippen molar-refractivity contribution in [2.75, 3.05) is 19.0 Å². The van der Waals surface area contributed by atoms with Gasteiger partial charge in [-0.15, -0.1) is 0 Å². The van der Waals surface area contributed by atoms with Gasteiger partial charge in [-0.05, 0) is 37.5 Å². The van der Waals surface area contributed by atoms with E-state index in [2.05, 4.69) is 18.3 Å². The zero-order valence-electron chi connectivity index (χ0n) is 11.9. The Morgan fingerprint density at radius 3 is 2.85 bits per heavy atom. The molecule has 0 aliphatic heterocycles. The number of anilines is 1. The smallest absolute Gasteiger partial charge is 0.130 e. The van der Waals surface area contributed by atoms with Crippen molar-refractivity contribution in [1.82, 2.24) is 4.98 Å². The van der Waals surface area contributed by atoms with Gasteiger partial charge >= 0.3 is 0 Å². The Labute approximate surface area is 124 Å². The van der Waals surface area contributed by atoms with Crippen molar-refractivity contribution in [3.05, 3.63) is 28.9 Å². The van der Waals surface area contributed by atoms with Crippen molar-refractivity contribution >= 4 is 28.2 Å². The van der Waals surface area contributed by atoms with Crippen molar-refractivity contribution in [3.8, 4) is 5.75 Å². The van der Waals surface area contributed by atoms with Crippen LogP contribution in [0.5, 0.6) is 5.75 Å². The lowest BCUT2D eigenvalue weighted by Crippen LogP contribution is -2.03. The molecule has 3 rings (SSSR count). The van der Waals surface area contributed by atoms with Gasteiger partial charge < -0.3 is 10.1 Å². The second kappa shape index (κ2) is 5.49. The summed E-state index contributed by atoms with van der Waals surface area (Å²) >= 11 is 6.34. The lowest BCUT2D eigenvalue weighted by molar-refractivity contribution is 0.420. The Bertz CT molecular complexity index is 638. The highest BCUT2D eigenvalue weighted by atomic mass is 35.5. The number of fused-ring (bicyclic) bond motifs is 1. The van der Waals surface area contributed by atoms with Gasteiger partial charge in [-0.3, -0.25) is 4.98 Å². The topological polar surface area (TPSA) is 34.2 Å². The van der Waals surface area contributed by atoms with Gasteiger partial charge in [0.1, 0.15) is 5.75 Å². The van der Waals surface area contributed by atoms with Crippen molar-refractivity contribution in [1.29, 1.82) is 0 Å². The molecule has 0 spiro atoms. The van der Waals surface area contributed by atoms with E-state index in [9.17, 15) is 0 Å². The monoisotopic (exact) mass is 290 g/mol. The van der Waals surface area contributed by atoms with Crippen molar-refractivity contribution in [3.63, 3.8) is 0 Å². The summed E-state index contributed by atoms with van der Waals surface area (Å²) in [6.07, 6.45) is 3.53. The number of methoxy groups -OCH3 is 1. The minimum atomic E-state index is 0.601. The number of nitrogens with one attached hydrogen (secondary N) is 1. The Hall–Kier alpha value is -1.48. The molecule has 20 heavy (non-hydrogen) atoms. The summed E-state index contributed by atoms with van der Waals surface area (Å²) in [5, 5.41) is 5.15. The molecular formula is C16H19ClN2O. The molecule has 4 heteroatoms. The standard InChI is InChI=1S/C16H19ClN2O/c1-3-8-18-13-9-12(10-4-5-10)19-16-11(17)6-7-14(20-2)15(13)16/h6-7,9-10H,3-5,8H2,1-2H3,(H,18,19). The van der Waals surface area contributed by atoms with E-state index in [1.807, 2.05) is 12.1 Å². The molecule has 1 saturated carbocycles. The molecule has 0 radical (unpaired) electrons. The van der Waals surface area contributed by atoms with Gasteiger partial charge in [-0.1, -0.05) is 18.5 Å². The summed E-state index contributed by atoms with van der Waals surface area (Å²) in [6, 6.07) is 5.92. The lowest BCUT2D eigenvalue weighted by atomic mass is 10.1. The number of ether oxygens (including phenoxy) is 1. The van der Waals surface area contributed by atoms with Crippen molar-refractivity contribution < 1.29 is 4.74 Å². The van der Waals surface area contributed by atoms with Crippen LogP contribution in [0.4, 0.5) is 5.69 Å². The number of hydrogen-bond acceptors (Lipinski definition) is 3. The van der Waals surface area contributed by atoms with E-state index in [-0.39, 0.29) is 0 Å². The van der Waals surface area contributed by atoms with E-state index in [0.717, 1.165) is 41.0 Å². The number of halogens is 1. The predicted octanol–water partition coefficient (Wildman–Crippen LogP) is 4.60. The molecule has 0 bridgehead atoms. The van der Waals surface area contributed by atoms with Crippen LogP contribution in [0.1, 0.15) is 37.8 Å². The van der Waals surface area contributed by atoms with Gasteiger partial charge in [-0.2, -0.15) is 0 Å². The maximum Gasteiger partial charge on any atom is 0.130 e. The Balaban J connectivity index is 2.21. The van der Waals surface area contributed by atoms with Crippen LogP contribution in [0.3, 0.4) is 0 Å². The quantitative estimate of drug-likeness (QED) is 0.874. The van der Waals surface area contributed by atoms with Crippen LogP contribution >= 0.6 is 11.6 Å². The van der Waals surface area contributed by atoms with Crippen LogP contribution in [0.25, 0.3) is 10.9 Å². The number of rotatable bonds is 5. The van der Waals surface area contributed by atoms with E-state index >= 15 is 0 Å². The summed E-state index contributed by atoms with van der Waals surface area (Å²) in [4.78, 5) is 4.76. The summed E-state index contributed by atoms with van der Waals surface area (Å²) in [5.74, 6) is 1.42. The van der Waals surface area contributed by atoms with Gasteiger partial charge in [0.25, 0.3) is 0 Å². The minimum absolute atomic E-state index is 0.601. The molecule has 0 amide bonds. The third-order valence-corrected chi connectivity index (χ3v) is 3.98. The first-order chi connectivity index (χ1) is 9.74. The molecule has 1 heterocycles. The maximum atomic E-state index is 6.34. The Kier molecular flexibility index (Phi) is 3.70. The molecule has 0 saturated heterocycles. The zero-order valence-corrected chi connectivity index (χ0v) is 12.6. The molecule has 1 fully saturated rings. The molecule has 3 nitrogen and oxygen atoms in total. The fourth-order valence-electron chi connectivity index (χ4n) is 2.46. The Morgan fingerprint density at radius 2 is 2.20 bits per heavy atom. The van der Waals surface area contributed by atoms with Crippen LogP contribution in [0.15, 0.2) is 18.2 Å². The van der Waals surface area contributed by atoms with Gasteiger partial charge in [0.05, 0.1) is 23.0 Å². The molecule has 0 atom stereocenters. The molecule has 2 aromatic rings. The zero-order chi connectivity index (χ0) is 14.1. The highest BCUT2D eigenvalue weighted by Crippen LogP contribution is 2.43. The van der Waals surface area contributed by atoms with E-state index in [1.54, 1.807) is 7.11 Å². The average Bonchev–Trinajstić information content (AvgIpc) is 3.30. The summed E-state index contributed by atoms with van der Waals surface area (Å²) < 4.78 is 5.48. The highest BCUT2D eigenvalue weighted by Gasteiger charge is 2.27. The molecule has 1 N–H and O–H groups in total. The third-order valence-electron chi connectivity index (χ3n) is 3.67. The molecular weight excluding hydrogens is 272 g/mol. The van der Waals surface area contributed by atoms with Crippen molar-refractivity contribution in [2.24, 2.45) is 0 Å². The number of hydrogen-bond donors (Lipinski definition) is 1. The van der Waals surface area contributed by atoms with Crippen LogP contribution in [-0.4, -0.2) is 18.6 Å². The lowest BCUT2D eigenvalue weighted by Gasteiger charge is -2.14. The van der Waals surface area contributed by atoms with Crippen LogP contribution in [0, 0.1) is 0 Å². The average molecular weight is 291 g/mol. The second-order valence-corrected chi connectivity index (χ2v) is 5.68. The van der Waals surface area contributed by atoms with Gasteiger partial charge in [0.15, 0.2) is 0 Å². The maximum absolute atomic E-state index is 6.34. The molecule has 1 aromatic heterocycles. The van der Waals surface area contributed by atoms with E-state index in [4.69, 9.17) is 21.3 Å². The SMILES string of the molecule is CCCNc1cc(C2CC2)nc2c(Cl)ccc(OC)c12. The van der Waals surface area contributed by atoms with E-state index in [1.165, 1.54) is 12.8 Å². The number of aromatic nitrogens is 1. The molecule has 0 unspecified atom stereocenters. The molecule has 1 aliphatic carbocycles.